The Hall–Kier alpha value is -0.530. The highest BCUT2D eigenvalue weighted by Gasteiger charge is 2.44. The third-order valence-electron chi connectivity index (χ3n) is 5.31. The molecule has 1 heterocycles. The summed E-state index contributed by atoms with van der Waals surface area (Å²) in [6.45, 7) is 4.88. The molecule has 3 aliphatic rings. The van der Waals surface area contributed by atoms with Crippen LogP contribution in [0, 0.1) is 5.41 Å². The van der Waals surface area contributed by atoms with Gasteiger partial charge in [-0.3, -0.25) is 0 Å². The second kappa shape index (κ2) is 4.25. The highest BCUT2D eigenvalue weighted by Crippen LogP contribution is 2.51. The van der Waals surface area contributed by atoms with Crippen molar-refractivity contribution in [2.45, 2.75) is 44.4 Å². The Balaban J connectivity index is 0.000001000. The Kier molecular flexibility index (Phi) is 2.95. The van der Waals surface area contributed by atoms with Gasteiger partial charge in [-0.1, -0.05) is 25.1 Å². The number of nitrogens with one attached hydrogen (secondary N) is 1. The molecule has 1 saturated heterocycles. The van der Waals surface area contributed by atoms with Crippen molar-refractivity contribution in [3.63, 3.8) is 0 Å². The van der Waals surface area contributed by atoms with Crippen LogP contribution < -0.4 is 5.32 Å². The third-order valence-corrected chi connectivity index (χ3v) is 5.31. The van der Waals surface area contributed by atoms with Gasteiger partial charge in [0.2, 0.25) is 0 Å². The van der Waals surface area contributed by atoms with E-state index in [2.05, 4.69) is 30.4 Å². The molecule has 18 heavy (non-hydrogen) atoms. The number of fused-ring (bicyclic) bond motifs is 3. The van der Waals surface area contributed by atoms with Crippen LogP contribution in [0.5, 0.6) is 0 Å². The zero-order chi connectivity index (χ0) is 11.5. The smallest absolute Gasteiger partial charge is 0.00323 e. The first-order valence-corrected chi connectivity index (χ1v) is 7.10. The van der Waals surface area contributed by atoms with Crippen molar-refractivity contribution >= 4 is 12.4 Å². The number of halogens is 1. The van der Waals surface area contributed by atoms with Crippen molar-refractivity contribution in [3.8, 4) is 0 Å². The maximum absolute atomic E-state index is 3.61. The molecule has 2 aliphatic carbocycles. The SMILES string of the molecule is C[C@@]12CCc3c(C4CC4)cccc3[C@H]1CNC2.Cl. The Morgan fingerprint density at radius 1 is 1.22 bits per heavy atom. The summed E-state index contributed by atoms with van der Waals surface area (Å²) in [5.41, 5.74) is 5.61. The van der Waals surface area contributed by atoms with E-state index in [1.165, 1.54) is 38.8 Å². The molecule has 1 nitrogen and oxygen atoms in total. The van der Waals surface area contributed by atoms with E-state index in [0.29, 0.717) is 5.41 Å². The van der Waals surface area contributed by atoms with Crippen LogP contribution in [0.3, 0.4) is 0 Å². The van der Waals surface area contributed by atoms with Crippen molar-refractivity contribution in [2.75, 3.05) is 13.1 Å². The lowest BCUT2D eigenvalue weighted by molar-refractivity contribution is 0.277. The zero-order valence-electron chi connectivity index (χ0n) is 11.0. The molecule has 0 aromatic heterocycles. The van der Waals surface area contributed by atoms with Crippen LogP contribution in [0.1, 0.15) is 54.7 Å². The van der Waals surface area contributed by atoms with Crippen molar-refractivity contribution in [1.82, 2.24) is 5.32 Å². The fraction of sp³-hybridized carbons (Fsp3) is 0.625. The molecular formula is C16H22ClN. The topological polar surface area (TPSA) is 12.0 Å². The molecule has 98 valence electrons. The summed E-state index contributed by atoms with van der Waals surface area (Å²) >= 11 is 0. The summed E-state index contributed by atoms with van der Waals surface area (Å²) in [5, 5.41) is 3.61. The summed E-state index contributed by atoms with van der Waals surface area (Å²) < 4.78 is 0. The highest BCUT2D eigenvalue weighted by atomic mass is 35.5. The molecule has 4 rings (SSSR count). The first-order valence-electron chi connectivity index (χ1n) is 7.10. The average Bonchev–Trinajstić information content (AvgIpc) is 3.10. The molecule has 2 fully saturated rings. The van der Waals surface area contributed by atoms with E-state index >= 15 is 0 Å². The minimum Gasteiger partial charge on any atom is -0.316 e. The van der Waals surface area contributed by atoms with E-state index in [4.69, 9.17) is 0 Å². The fourth-order valence-corrected chi connectivity index (χ4v) is 4.05. The van der Waals surface area contributed by atoms with Crippen LogP contribution in [0.25, 0.3) is 0 Å². The minimum absolute atomic E-state index is 0. The van der Waals surface area contributed by atoms with Crippen LogP contribution in [0.4, 0.5) is 0 Å². The fourth-order valence-electron chi connectivity index (χ4n) is 4.05. The molecule has 0 bridgehead atoms. The Morgan fingerprint density at radius 3 is 2.78 bits per heavy atom. The van der Waals surface area contributed by atoms with E-state index < -0.39 is 0 Å². The van der Waals surface area contributed by atoms with Gasteiger partial charge in [-0.05, 0) is 53.7 Å². The van der Waals surface area contributed by atoms with E-state index in [1.54, 1.807) is 16.7 Å². The maximum atomic E-state index is 3.61. The number of hydrogen-bond donors (Lipinski definition) is 1. The van der Waals surface area contributed by atoms with Crippen LogP contribution in [0.15, 0.2) is 18.2 Å². The molecule has 1 aromatic carbocycles. The summed E-state index contributed by atoms with van der Waals surface area (Å²) in [6.07, 6.45) is 5.55. The quantitative estimate of drug-likeness (QED) is 0.816. The summed E-state index contributed by atoms with van der Waals surface area (Å²) in [7, 11) is 0. The summed E-state index contributed by atoms with van der Waals surface area (Å²) in [6, 6.07) is 7.09. The van der Waals surface area contributed by atoms with Crippen molar-refractivity contribution in [1.29, 1.82) is 0 Å². The second-order valence-electron chi connectivity index (χ2n) is 6.53. The predicted octanol–water partition coefficient (Wildman–Crippen LogP) is 3.63. The van der Waals surface area contributed by atoms with Crippen molar-refractivity contribution in [3.05, 3.63) is 34.9 Å². The van der Waals surface area contributed by atoms with Gasteiger partial charge in [0.25, 0.3) is 0 Å². The van der Waals surface area contributed by atoms with E-state index in [0.717, 1.165) is 11.8 Å². The molecule has 1 aromatic rings. The molecule has 2 heteroatoms. The molecular weight excluding hydrogens is 242 g/mol. The van der Waals surface area contributed by atoms with Gasteiger partial charge in [0, 0.05) is 19.0 Å². The van der Waals surface area contributed by atoms with Crippen LogP contribution in [-0.2, 0) is 6.42 Å². The van der Waals surface area contributed by atoms with Gasteiger partial charge in [0.15, 0.2) is 0 Å². The molecule has 1 N–H and O–H groups in total. The largest absolute Gasteiger partial charge is 0.316 e. The van der Waals surface area contributed by atoms with Gasteiger partial charge in [0.05, 0.1) is 0 Å². The van der Waals surface area contributed by atoms with E-state index in [1.807, 2.05) is 0 Å². The molecule has 0 amide bonds. The summed E-state index contributed by atoms with van der Waals surface area (Å²) in [5.74, 6) is 1.67. The Bertz CT molecular complexity index is 466. The molecule has 0 radical (unpaired) electrons. The first kappa shape index (κ1) is 12.5. The molecule has 0 unspecified atom stereocenters. The second-order valence-corrected chi connectivity index (χ2v) is 6.53. The maximum Gasteiger partial charge on any atom is 0.00323 e. The molecule has 1 saturated carbocycles. The van der Waals surface area contributed by atoms with Gasteiger partial charge in [-0.25, -0.2) is 0 Å². The highest BCUT2D eigenvalue weighted by molar-refractivity contribution is 5.85. The lowest BCUT2D eigenvalue weighted by Gasteiger charge is -2.38. The normalized spacial score (nSPS) is 33.5. The van der Waals surface area contributed by atoms with Gasteiger partial charge in [0.1, 0.15) is 0 Å². The first-order chi connectivity index (χ1) is 8.28. The Labute approximate surface area is 116 Å². The van der Waals surface area contributed by atoms with E-state index in [-0.39, 0.29) is 12.4 Å². The monoisotopic (exact) mass is 263 g/mol. The standard InChI is InChI=1S/C16H21N.ClH/c1-16-8-7-13-12(11-5-6-11)3-2-4-14(13)15(16)9-17-10-16;/h2-4,11,15,17H,5-10H2,1H3;1H/t15-,16+;/m1./s1. The lowest BCUT2D eigenvalue weighted by atomic mass is 9.66. The zero-order valence-corrected chi connectivity index (χ0v) is 11.9. The molecule has 0 spiro atoms. The summed E-state index contributed by atoms with van der Waals surface area (Å²) in [4.78, 5) is 0. The van der Waals surface area contributed by atoms with E-state index in [9.17, 15) is 0 Å². The van der Waals surface area contributed by atoms with Crippen molar-refractivity contribution < 1.29 is 0 Å². The number of benzene rings is 1. The molecule has 1 aliphatic heterocycles. The Morgan fingerprint density at radius 2 is 2.00 bits per heavy atom. The van der Waals surface area contributed by atoms with Gasteiger partial charge in [-0.15, -0.1) is 12.4 Å². The third kappa shape index (κ3) is 1.71. The lowest BCUT2D eigenvalue weighted by Crippen LogP contribution is -2.30. The van der Waals surface area contributed by atoms with Crippen LogP contribution in [-0.4, -0.2) is 13.1 Å². The predicted molar refractivity (Wildman–Crippen MR) is 77.7 cm³/mol. The number of rotatable bonds is 1. The van der Waals surface area contributed by atoms with Gasteiger partial charge in [-0.2, -0.15) is 0 Å². The van der Waals surface area contributed by atoms with Crippen molar-refractivity contribution in [2.24, 2.45) is 5.41 Å². The van der Waals surface area contributed by atoms with Gasteiger partial charge >= 0.3 is 0 Å². The average molecular weight is 264 g/mol. The minimum atomic E-state index is 0. The number of hydrogen-bond acceptors (Lipinski definition) is 1. The van der Waals surface area contributed by atoms with Crippen LogP contribution >= 0.6 is 12.4 Å². The van der Waals surface area contributed by atoms with Crippen LogP contribution in [0.2, 0.25) is 0 Å². The molecule has 2 atom stereocenters. The van der Waals surface area contributed by atoms with Gasteiger partial charge < -0.3 is 5.32 Å².